The zero-order valence-corrected chi connectivity index (χ0v) is 14.5. The lowest BCUT2D eigenvalue weighted by molar-refractivity contribution is -0.154. The topological polar surface area (TPSA) is 63.5 Å². The highest BCUT2D eigenvalue weighted by Gasteiger charge is 2.59. The molecule has 5 nitrogen and oxygen atoms in total. The second-order valence-corrected chi connectivity index (χ2v) is 8.45. The van der Waals surface area contributed by atoms with Crippen molar-refractivity contribution in [2.75, 3.05) is 0 Å². The van der Waals surface area contributed by atoms with Crippen molar-refractivity contribution in [1.82, 2.24) is 4.31 Å². The van der Waals surface area contributed by atoms with Gasteiger partial charge in [0.25, 0.3) is 0 Å². The monoisotopic (exact) mass is 325 g/mol. The van der Waals surface area contributed by atoms with Gasteiger partial charge in [-0.1, -0.05) is 24.6 Å². The van der Waals surface area contributed by atoms with Gasteiger partial charge in [-0.15, -0.1) is 0 Å². The SMILES string of the molecule is CCC1C(C(=O)OC(C)(C)C)N1S(=O)(=O)c1ccc(C)cc1. The number of nitrogens with zero attached hydrogens (tertiary/aromatic N) is 1. The van der Waals surface area contributed by atoms with Crippen molar-refractivity contribution < 1.29 is 17.9 Å². The summed E-state index contributed by atoms with van der Waals surface area (Å²) in [5, 5.41) is 0. The molecule has 1 fully saturated rings. The van der Waals surface area contributed by atoms with Crippen LogP contribution >= 0.6 is 0 Å². The number of rotatable bonds is 4. The van der Waals surface area contributed by atoms with Gasteiger partial charge in [-0.3, -0.25) is 4.79 Å². The molecule has 3 unspecified atom stereocenters. The molecule has 6 heteroatoms. The van der Waals surface area contributed by atoms with E-state index in [1.165, 1.54) is 4.31 Å². The maximum absolute atomic E-state index is 12.7. The number of ether oxygens (including phenoxy) is 1. The summed E-state index contributed by atoms with van der Waals surface area (Å²) in [5.41, 5.74) is 0.359. The van der Waals surface area contributed by atoms with Gasteiger partial charge in [-0.25, -0.2) is 8.42 Å². The summed E-state index contributed by atoms with van der Waals surface area (Å²) in [5.74, 6) is -0.477. The second-order valence-electron chi connectivity index (χ2n) is 6.60. The molecule has 0 spiro atoms. The molecule has 1 heterocycles. The molecule has 0 radical (unpaired) electrons. The zero-order valence-electron chi connectivity index (χ0n) is 13.7. The van der Waals surface area contributed by atoms with Crippen molar-refractivity contribution >= 4 is 16.0 Å². The molecular weight excluding hydrogens is 302 g/mol. The first-order valence-electron chi connectivity index (χ1n) is 7.41. The van der Waals surface area contributed by atoms with Crippen LogP contribution in [0.5, 0.6) is 0 Å². The number of hydrogen-bond donors (Lipinski definition) is 0. The van der Waals surface area contributed by atoms with Gasteiger partial charge in [-0.2, -0.15) is 4.31 Å². The molecule has 0 aromatic heterocycles. The van der Waals surface area contributed by atoms with Crippen molar-refractivity contribution in [3.63, 3.8) is 0 Å². The van der Waals surface area contributed by atoms with Crippen molar-refractivity contribution in [2.45, 2.75) is 63.6 Å². The van der Waals surface area contributed by atoms with E-state index in [0.29, 0.717) is 6.42 Å². The van der Waals surface area contributed by atoms with Gasteiger partial charge in [0, 0.05) is 0 Å². The van der Waals surface area contributed by atoms with E-state index in [0.717, 1.165) is 5.56 Å². The van der Waals surface area contributed by atoms with Crippen LogP contribution in [0, 0.1) is 6.92 Å². The lowest BCUT2D eigenvalue weighted by Crippen LogP contribution is -2.29. The van der Waals surface area contributed by atoms with E-state index in [-0.39, 0.29) is 10.9 Å². The minimum Gasteiger partial charge on any atom is -0.459 e. The Morgan fingerprint density at radius 3 is 2.23 bits per heavy atom. The quantitative estimate of drug-likeness (QED) is 0.630. The van der Waals surface area contributed by atoms with Gasteiger partial charge in [0.15, 0.2) is 0 Å². The zero-order chi connectivity index (χ0) is 16.7. The molecule has 0 aliphatic carbocycles. The Morgan fingerprint density at radius 1 is 1.23 bits per heavy atom. The number of benzene rings is 1. The predicted molar refractivity (Wildman–Crippen MR) is 83.9 cm³/mol. The first-order valence-corrected chi connectivity index (χ1v) is 8.85. The first-order chi connectivity index (χ1) is 10.1. The van der Waals surface area contributed by atoms with Crippen LogP contribution in [0.3, 0.4) is 0 Å². The largest absolute Gasteiger partial charge is 0.459 e. The summed E-state index contributed by atoms with van der Waals surface area (Å²) in [6.07, 6.45) is 0.578. The minimum absolute atomic E-state index is 0.211. The van der Waals surface area contributed by atoms with E-state index >= 15 is 0 Å². The smallest absolute Gasteiger partial charge is 0.326 e. The molecule has 0 amide bonds. The highest BCUT2D eigenvalue weighted by atomic mass is 32.2. The fraction of sp³-hybridized carbons (Fsp3) is 0.562. The standard InChI is InChI=1S/C16H23NO4S/c1-6-13-14(15(18)21-16(3,4)5)17(13)22(19,20)12-9-7-11(2)8-10-12/h7-10,13-14H,6H2,1-5H3. The average molecular weight is 325 g/mol. The van der Waals surface area contributed by atoms with Crippen LogP contribution in [0.15, 0.2) is 29.2 Å². The molecule has 2 rings (SSSR count). The van der Waals surface area contributed by atoms with Crippen LogP contribution in [-0.4, -0.2) is 36.4 Å². The molecule has 0 N–H and O–H groups in total. The molecule has 0 bridgehead atoms. The maximum Gasteiger partial charge on any atom is 0.326 e. The second kappa shape index (κ2) is 5.66. The van der Waals surface area contributed by atoms with Gasteiger partial charge in [-0.05, 0) is 46.2 Å². The summed E-state index contributed by atoms with van der Waals surface area (Å²) < 4.78 is 31.9. The van der Waals surface area contributed by atoms with E-state index in [4.69, 9.17) is 4.74 Å². The average Bonchev–Trinajstić information content (AvgIpc) is 3.12. The Hall–Kier alpha value is -1.40. The number of esters is 1. The first kappa shape index (κ1) is 17.0. The predicted octanol–water partition coefficient (Wildman–Crippen LogP) is 2.49. The summed E-state index contributed by atoms with van der Waals surface area (Å²) >= 11 is 0. The fourth-order valence-corrected chi connectivity index (χ4v) is 4.26. The van der Waals surface area contributed by atoms with E-state index in [1.54, 1.807) is 45.0 Å². The third-order valence-electron chi connectivity index (χ3n) is 3.54. The number of carbonyl (C=O) groups is 1. The number of sulfonamides is 1. The molecule has 3 atom stereocenters. The summed E-state index contributed by atoms with van der Waals surface area (Å²) in [4.78, 5) is 12.4. The lowest BCUT2D eigenvalue weighted by atomic mass is 10.2. The van der Waals surface area contributed by atoms with Crippen molar-refractivity contribution in [3.05, 3.63) is 29.8 Å². The Balaban J connectivity index is 2.24. The summed E-state index contributed by atoms with van der Waals surface area (Å²) in [7, 11) is -3.66. The highest BCUT2D eigenvalue weighted by molar-refractivity contribution is 7.89. The van der Waals surface area contributed by atoms with Gasteiger partial charge >= 0.3 is 5.97 Å². The van der Waals surface area contributed by atoms with Crippen molar-refractivity contribution in [1.29, 1.82) is 0 Å². The fourth-order valence-electron chi connectivity index (χ4n) is 2.44. The molecule has 1 saturated heterocycles. The van der Waals surface area contributed by atoms with Crippen LogP contribution < -0.4 is 0 Å². The van der Waals surface area contributed by atoms with E-state index < -0.39 is 27.6 Å². The van der Waals surface area contributed by atoms with Crippen molar-refractivity contribution in [3.8, 4) is 0 Å². The molecule has 1 aliphatic heterocycles. The Labute approximate surface area is 132 Å². The van der Waals surface area contributed by atoms with E-state index in [1.807, 2.05) is 13.8 Å². The molecule has 1 aromatic carbocycles. The van der Waals surface area contributed by atoms with Gasteiger partial charge in [0.05, 0.1) is 10.9 Å². The third-order valence-corrected chi connectivity index (χ3v) is 5.46. The summed E-state index contributed by atoms with van der Waals surface area (Å²) in [6, 6.07) is 5.61. The Morgan fingerprint density at radius 2 is 1.77 bits per heavy atom. The molecule has 1 aromatic rings. The normalized spacial score (nSPS) is 24.9. The lowest BCUT2D eigenvalue weighted by Gasteiger charge is -2.19. The number of aryl methyl sites for hydroxylation is 1. The molecule has 1 aliphatic rings. The molecular formula is C16H23NO4S. The van der Waals surface area contributed by atoms with E-state index in [2.05, 4.69) is 0 Å². The van der Waals surface area contributed by atoms with Gasteiger partial charge in [0.2, 0.25) is 10.0 Å². The van der Waals surface area contributed by atoms with Crippen LogP contribution in [0.1, 0.15) is 39.7 Å². The van der Waals surface area contributed by atoms with Crippen LogP contribution in [0.25, 0.3) is 0 Å². The number of carbonyl (C=O) groups excluding carboxylic acids is 1. The Bertz CT molecular complexity index is 658. The maximum atomic E-state index is 12.7. The van der Waals surface area contributed by atoms with Gasteiger partial charge in [0.1, 0.15) is 11.6 Å². The van der Waals surface area contributed by atoms with Crippen LogP contribution in [0.4, 0.5) is 0 Å². The molecule has 0 saturated carbocycles. The van der Waals surface area contributed by atoms with E-state index in [9.17, 15) is 13.2 Å². The van der Waals surface area contributed by atoms with Crippen LogP contribution in [-0.2, 0) is 19.6 Å². The third kappa shape index (κ3) is 3.33. The molecule has 122 valence electrons. The highest BCUT2D eigenvalue weighted by Crippen LogP contribution is 2.39. The van der Waals surface area contributed by atoms with Crippen LogP contribution in [0.2, 0.25) is 0 Å². The summed E-state index contributed by atoms with van der Waals surface area (Å²) in [6.45, 7) is 9.08. The Kier molecular flexibility index (Phi) is 4.37. The minimum atomic E-state index is -3.66. The number of hydrogen-bond acceptors (Lipinski definition) is 4. The molecule has 22 heavy (non-hydrogen) atoms. The van der Waals surface area contributed by atoms with Crippen molar-refractivity contribution in [2.24, 2.45) is 0 Å². The van der Waals surface area contributed by atoms with Gasteiger partial charge < -0.3 is 4.74 Å².